The van der Waals surface area contributed by atoms with E-state index < -0.39 is 0 Å². The minimum absolute atomic E-state index is 0.235. The molecule has 3 nitrogen and oxygen atoms in total. The van der Waals surface area contributed by atoms with Gasteiger partial charge >= 0.3 is 0 Å². The minimum atomic E-state index is -0.264. The topological polar surface area (TPSA) is 43.8 Å². The van der Waals surface area contributed by atoms with Crippen LogP contribution in [0.1, 0.15) is 25.6 Å². The number of nitrogens with two attached hydrogens (primary N) is 1. The average Bonchev–Trinajstić information content (AvgIpc) is 2.55. The summed E-state index contributed by atoms with van der Waals surface area (Å²) in [5, 5.41) is 5.28. The average molecular weight is 207 g/mol. The monoisotopic (exact) mass is 207 g/mol. The van der Waals surface area contributed by atoms with Gasteiger partial charge in [-0.25, -0.2) is 4.39 Å². The lowest BCUT2D eigenvalue weighted by Gasteiger charge is -2.08. The van der Waals surface area contributed by atoms with Crippen molar-refractivity contribution in [3.8, 4) is 0 Å². The second-order valence-corrected chi connectivity index (χ2v) is 3.85. The molecular weight excluding hydrogens is 193 g/mol. The summed E-state index contributed by atoms with van der Waals surface area (Å²) in [4.78, 5) is 0. The lowest BCUT2D eigenvalue weighted by atomic mass is 10.2. The molecule has 15 heavy (non-hydrogen) atoms. The van der Waals surface area contributed by atoms with Crippen LogP contribution in [0.3, 0.4) is 0 Å². The van der Waals surface area contributed by atoms with Crippen molar-refractivity contribution >= 4 is 10.9 Å². The van der Waals surface area contributed by atoms with E-state index in [4.69, 9.17) is 5.73 Å². The molecule has 2 N–H and O–H groups in total. The maximum atomic E-state index is 13.0. The van der Waals surface area contributed by atoms with Crippen LogP contribution in [-0.4, -0.2) is 9.78 Å². The molecule has 0 saturated heterocycles. The summed E-state index contributed by atoms with van der Waals surface area (Å²) >= 11 is 0. The summed E-state index contributed by atoms with van der Waals surface area (Å²) in [6.45, 7) is 4.48. The van der Waals surface area contributed by atoms with Crippen molar-refractivity contribution in [2.75, 3.05) is 0 Å². The predicted octanol–water partition coefficient (Wildman–Crippen LogP) is 2.22. The van der Waals surface area contributed by atoms with E-state index in [1.807, 2.05) is 18.5 Å². The lowest BCUT2D eigenvalue weighted by Crippen LogP contribution is -2.10. The number of rotatable bonds is 2. The van der Waals surface area contributed by atoms with Crippen molar-refractivity contribution in [3.05, 3.63) is 29.7 Å². The van der Waals surface area contributed by atoms with E-state index in [0.717, 1.165) is 11.1 Å². The van der Waals surface area contributed by atoms with Crippen LogP contribution in [0.25, 0.3) is 10.9 Å². The van der Waals surface area contributed by atoms with Gasteiger partial charge in [-0.1, -0.05) is 0 Å². The van der Waals surface area contributed by atoms with E-state index in [1.54, 1.807) is 6.07 Å². The molecule has 1 aromatic heterocycles. The fraction of sp³-hybridized carbons (Fsp3) is 0.364. The van der Waals surface area contributed by atoms with Gasteiger partial charge in [0.1, 0.15) is 5.82 Å². The van der Waals surface area contributed by atoms with Gasteiger partial charge in [0.25, 0.3) is 0 Å². The maximum Gasteiger partial charge on any atom is 0.125 e. The molecule has 0 radical (unpaired) electrons. The van der Waals surface area contributed by atoms with Crippen molar-refractivity contribution in [1.29, 1.82) is 0 Å². The molecule has 0 aliphatic rings. The summed E-state index contributed by atoms with van der Waals surface area (Å²) in [5.41, 5.74) is 7.31. The standard InChI is InChI=1S/C11H14FN3/c1-7(2)15-11(6-13)9-4-3-8(12)5-10(9)14-15/h3-5,7H,6,13H2,1-2H3. The summed E-state index contributed by atoms with van der Waals surface area (Å²) in [5.74, 6) is -0.264. The first-order chi connectivity index (χ1) is 7.13. The molecule has 0 fully saturated rings. The molecule has 1 heterocycles. The third kappa shape index (κ3) is 1.61. The molecule has 0 atom stereocenters. The Morgan fingerprint density at radius 1 is 1.47 bits per heavy atom. The molecule has 2 aromatic rings. The largest absolute Gasteiger partial charge is 0.325 e. The Morgan fingerprint density at radius 3 is 2.80 bits per heavy atom. The summed E-state index contributed by atoms with van der Waals surface area (Å²) < 4.78 is 14.9. The highest BCUT2D eigenvalue weighted by Gasteiger charge is 2.12. The first kappa shape index (κ1) is 10.1. The second kappa shape index (κ2) is 3.62. The Labute approximate surface area is 87.7 Å². The number of benzene rings is 1. The number of hydrogen-bond acceptors (Lipinski definition) is 2. The maximum absolute atomic E-state index is 13.0. The highest BCUT2D eigenvalue weighted by molar-refractivity contribution is 5.81. The quantitative estimate of drug-likeness (QED) is 0.820. The van der Waals surface area contributed by atoms with Crippen molar-refractivity contribution in [3.63, 3.8) is 0 Å². The smallest absolute Gasteiger partial charge is 0.125 e. The van der Waals surface area contributed by atoms with E-state index >= 15 is 0 Å². The Bertz CT molecular complexity index is 488. The van der Waals surface area contributed by atoms with Gasteiger partial charge in [-0.2, -0.15) is 5.10 Å². The Balaban J connectivity index is 2.73. The van der Waals surface area contributed by atoms with Crippen molar-refractivity contribution in [2.45, 2.75) is 26.4 Å². The van der Waals surface area contributed by atoms with Crippen molar-refractivity contribution < 1.29 is 4.39 Å². The number of aromatic nitrogens is 2. The zero-order valence-corrected chi connectivity index (χ0v) is 8.87. The van der Waals surface area contributed by atoms with Crippen LogP contribution in [0, 0.1) is 5.82 Å². The summed E-state index contributed by atoms with van der Waals surface area (Å²) in [6.07, 6.45) is 0. The van der Waals surface area contributed by atoms with Gasteiger partial charge in [0.05, 0.1) is 11.2 Å². The summed E-state index contributed by atoms with van der Waals surface area (Å²) in [6, 6.07) is 4.85. The van der Waals surface area contributed by atoms with E-state index in [1.165, 1.54) is 12.1 Å². The molecule has 80 valence electrons. The fourth-order valence-electron chi connectivity index (χ4n) is 1.76. The molecule has 0 amide bonds. The van der Waals surface area contributed by atoms with Crippen molar-refractivity contribution in [2.24, 2.45) is 5.73 Å². The molecule has 0 bridgehead atoms. The Hall–Kier alpha value is -1.42. The zero-order valence-electron chi connectivity index (χ0n) is 8.87. The minimum Gasteiger partial charge on any atom is -0.325 e. The van der Waals surface area contributed by atoms with E-state index in [2.05, 4.69) is 5.10 Å². The first-order valence-electron chi connectivity index (χ1n) is 5.00. The van der Waals surface area contributed by atoms with Gasteiger partial charge in [-0.15, -0.1) is 0 Å². The van der Waals surface area contributed by atoms with E-state index in [0.29, 0.717) is 12.1 Å². The number of fused-ring (bicyclic) bond motifs is 1. The van der Waals surface area contributed by atoms with Gasteiger partial charge < -0.3 is 5.73 Å². The van der Waals surface area contributed by atoms with Gasteiger partial charge in [0.15, 0.2) is 0 Å². The molecular formula is C11H14FN3. The van der Waals surface area contributed by atoms with E-state index in [-0.39, 0.29) is 11.9 Å². The van der Waals surface area contributed by atoms with Gasteiger partial charge in [-0.05, 0) is 26.0 Å². The third-order valence-electron chi connectivity index (χ3n) is 2.45. The Kier molecular flexibility index (Phi) is 2.44. The molecule has 0 spiro atoms. The van der Waals surface area contributed by atoms with Crippen LogP contribution in [0.15, 0.2) is 18.2 Å². The van der Waals surface area contributed by atoms with Gasteiger partial charge in [-0.3, -0.25) is 4.68 Å². The highest BCUT2D eigenvalue weighted by Crippen LogP contribution is 2.21. The molecule has 1 aromatic carbocycles. The molecule has 0 unspecified atom stereocenters. The zero-order chi connectivity index (χ0) is 11.0. The third-order valence-corrected chi connectivity index (χ3v) is 2.45. The van der Waals surface area contributed by atoms with Crippen LogP contribution in [0.5, 0.6) is 0 Å². The second-order valence-electron chi connectivity index (χ2n) is 3.85. The molecule has 0 aliphatic heterocycles. The lowest BCUT2D eigenvalue weighted by molar-refractivity contribution is 0.514. The molecule has 0 aliphatic carbocycles. The van der Waals surface area contributed by atoms with Crippen molar-refractivity contribution in [1.82, 2.24) is 9.78 Å². The van der Waals surface area contributed by atoms with Crippen LogP contribution in [0.4, 0.5) is 4.39 Å². The van der Waals surface area contributed by atoms with Crippen LogP contribution in [-0.2, 0) is 6.54 Å². The predicted molar refractivity (Wildman–Crippen MR) is 58.0 cm³/mol. The van der Waals surface area contributed by atoms with Gasteiger partial charge in [0.2, 0.25) is 0 Å². The number of halogens is 1. The molecule has 0 saturated carbocycles. The first-order valence-corrected chi connectivity index (χ1v) is 5.00. The fourth-order valence-corrected chi connectivity index (χ4v) is 1.76. The Morgan fingerprint density at radius 2 is 2.20 bits per heavy atom. The summed E-state index contributed by atoms with van der Waals surface area (Å²) in [7, 11) is 0. The highest BCUT2D eigenvalue weighted by atomic mass is 19.1. The van der Waals surface area contributed by atoms with Crippen LogP contribution >= 0.6 is 0 Å². The molecule has 2 rings (SSSR count). The van der Waals surface area contributed by atoms with Crippen LogP contribution < -0.4 is 5.73 Å². The van der Waals surface area contributed by atoms with Gasteiger partial charge in [0, 0.05) is 24.0 Å². The molecule has 4 heteroatoms. The number of hydrogen-bond donors (Lipinski definition) is 1. The van der Waals surface area contributed by atoms with E-state index in [9.17, 15) is 4.39 Å². The normalized spacial score (nSPS) is 11.5. The number of nitrogens with zero attached hydrogens (tertiary/aromatic N) is 2. The van der Waals surface area contributed by atoms with Crippen LogP contribution in [0.2, 0.25) is 0 Å². The SMILES string of the molecule is CC(C)n1nc2cc(F)ccc2c1CN.